The van der Waals surface area contributed by atoms with Gasteiger partial charge in [-0.05, 0) is 19.1 Å². The molecule has 1 aromatic carbocycles. The highest BCUT2D eigenvalue weighted by Crippen LogP contribution is 2.33. The Labute approximate surface area is 105 Å². The molecule has 0 spiro atoms. The Hall–Kier alpha value is -1.76. The molecule has 1 N–H and O–H groups in total. The lowest BCUT2D eigenvalue weighted by molar-refractivity contribution is -0.136. The smallest absolute Gasteiger partial charge is 0.323 e. The van der Waals surface area contributed by atoms with Crippen LogP contribution in [0.15, 0.2) is 24.3 Å². The number of aliphatic carboxylic acids is 1. The first-order valence-electron chi connectivity index (χ1n) is 5.41. The number of carboxylic acids is 1. The fourth-order valence-corrected chi connectivity index (χ4v) is 3.12. The fraction of sp³-hybridized carbons (Fsp3) is 0.364. The Bertz CT molecular complexity index is 569. The third-order valence-electron chi connectivity index (χ3n) is 2.79. The average molecular weight is 271 g/mol. The molecule has 6 nitrogen and oxygen atoms in total. The van der Waals surface area contributed by atoms with Gasteiger partial charge in [-0.25, -0.2) is 8.42 Å². The van der Waals surface area contributed by atoms with Gasteiger partial charge in [-0.2, -0.15) is 0 Å². The summed E-state index contributed by atoms with van der Waals surface area (Å²) in [5.74, 6) is -0.913. The van der Waals surface area contributed by atoms with Crippen molar-refractivity contribution >= 4 is 21.7 Å². The van der Waals surface area contributed by atoms with E-state index in [1.807, 2.05) is 0 Å². The molecule has 0 amide bonds. The molecule has 1 aliphatic heterocycles. The number of sulfonamides is 1. The largest absolute Gasteiger partial charge is 0.489 e. The van der Waals surface area contributed by atoms with Crippen LogP contribution in [0.4, 0.5) is 5.69 Å². The fourth-order valence-electron chi connectivity index (χ4n) is 1.73. The van der Waals surface area contributed by atoms with Crippen molar-refractivity contribution in [2.45, 2.75) is 12.2 Å². The van der Waals surface area contributed by atoms with Crippen LogP contribution in [0.25, 0.3) is 0 Å². The molecule has 2 rings (SSSR count). The minimum absolute atomic E-state index is 0.122. The molecule has 0 aliphatic carbocycles. The van der Waals surface area contributed by atoms with E-state index in [1.165, 1.54) is 0 Å². The van der Waals surface area contributed by atoms with Crippen molar-refractivity contribution in [3.05, 3.63) is 24.3 Å². The molecule has 0 saturated heterocycles. The van der Waals surface area contributed by atoms with E-state index < -0.39 is 21.2 Å². The van der Waals surface area contributed by atoms with Crippen molar-refractivity contribution in [1.29, 1.82) is 0 Å². The molecule has 1 atom stereocenters. The van der Waals surface area contributed by atoms with Gasteiger partial charge in [0, 0.05) is 0 Å². The Morgan fingerprint density at radius 1 is 1.44 bits per heavy atom. The normalized spacial score (nSPS) is 16.6. The van der Waals surface area contributed by atoms with Gasteiger partial charge in [-0.1, -0.05) is 12.1 Å². The number of carbonyl (C=O) groups is 1. The lowest BCUT2D eigenvalue weighted by atomic mass is 10.2. The number of hydrogen-bond donors (Lipinski definition) is 1. The molecule has 1 aliphatic rings. The van der Waals surface area contributed by atoms with Crippen LogP contribution in [0, 0.1) is 0 Å². The van der Waals surface area contributed by atoms with Crippen molar-refractivity contribution in [3.63, 3.8) is 0 Å². The molecule has 0 fully saturated rings. The van der Waals surface area contributed by atoms with Crippen LogP contribution in [0.1, 0.15) is 6.92 Å². The van der Waals surface area contributed by atoms with E-state index in [4.69, 9.17) is 9.84 Å². The number of nitrogens with zero attached hydrogens (tertiary/aromatic N) is 1. The lowest BCUT2D eigenvalue weighted by Crippen LogP contribution is -2.45. The summed E-state index contributed by atoms with van der Waals surface area (Å²) in [6.07, 6.45) is 0. The first kappa shape index (κ1) is 12.7. The van der Waals surface area contributed by atoms with Crippen LogP contribution in [0.2, 0.25) is 0 Å². The van der Waals surface area contributed by atoms with E-state index in [0.717, 1.165) is 11.2 Å². The van der Waals surface area contributed by atoms with E-state index in [1.54, 1.807) is 24.3 Å². The second-order valence-corrected chi connectivity index (χ2v) is 6.09. The zero-order valence-electron chi connectivity index (χ0n) is 9.74. The van der Waals surface area contributed by atoms with Crippen molar-refractivity contribution in [2.24, 2.45) is 0 Å². The number of rotatable bonds is 3. The number of para-hydroxylation sites is 2. The molecule has 7 heteroatoms. The Balaban J connectivity index is 2.45. The Kier molecular flexibility index (Phi) is 3.16. The second kappa shape index (κ2) is 4.49. The van der Waals surface area contributed by atoms with Gasteiger partial charge in [0.1, 0.15) is 12.4 Å². The minimum Gasteiger partial charge on any atom is -0.489 e. The van der Waals surface area contributed by atoms with E-state index >= 15 is 0 Å². The molecule has 98 valence electrons. The highest BCUT2D eigenvalue weighted by molar-refractivity contribution is 7.94. The predicted octanol–water partition coefficient (Wildman–Crippen LogP) is 0.688. The van der Waals surface area contributed by atoms with Gasteiger partial charge in [0.25, 0.3) is 0 Å². The monoisotopic (exact) mass is 271 g/mol. The van der Waals surface area contributed by atoms with Crippen molar-refractivity contribution in [2.75, 3.05) is 17.5 Å². The maximum atomic E-state index is 12.2. The minimum atomic E-state index is -3.92. The van der Waals surface area contributed by atoms with Crippen molar-refractivity contribution in [3.8, 4) is 5.75 Å². The zero-order chi connectivity index (χ0) is 13.3. The molecule has 0 bridgehead atoms. The molecular formula is C11H13NO5S. The van der Waals surface area contributed by atoms with Gasteiger partial charge in [0.15, 0.2) is 5.25 Å². The van der Waals surface area contributed by atoms with Crippen LogP contribution in [-0.4, -0.2) is 37.9 Å². The van der Waals surface area contributed by atoms with Gasteiger partial charge in [-0.3, -0.25) is 9.10 Å². The molecular weight excluding hydrogens is 258 g/mol. The molecule has 1 unspecified atom stereocenters. The number of hydrogen-bond acceptors (Lipinski definition) is 4. The highest BCUT2D eigenvalue weighted by Gasteiger charge is 2.36. The van der Waals surface area contributed by atoms with E-state index in [2.05, 4.69) is 0 Å². The Morgan fingerprint density at radius 3 is 2.78 bits per heavy atom. The van der Waals surface area contributed by atoms with Gasteiger partial charge < -0.3 is 9.84 Å². The van der Waals surface area contributed by atoms with Crippen LogP contribution in [0.3, 0.4) is 0 Å². The summed E-state index contributed by atoms with van der Waals surface area (Å²) < 4.78 is 30.8. The van der Waals surface area contributed by atoms with E-state index in [9.17, 15) is 13.2 Å². The summed E-state index contributed by atoms with van der Waals surface area (Å²) in [7, 11) is -3.92. The van der Waals surface area contributed by atoms with Crippen molar-refractivity contribution in [1.82, 2.24) is 0 Å². The third kappa shape index (κ3) is 2.01. The third-order valence-corrected chi connectivity index (χ3v) is 4.88. The summed E-state index contributed by atoms with van der Waals surface area (Å²) in [5.41, 5.74) is 0.386. The van der Waals surface area contributed by atoms with Gasteiger partial charge in [0.2, 0.25) is 10.0 Å². The quantitative estimate of drug-likeness (QED) is 0.874. The number of anilines is 1. The van der Waals surface area contributed by atoms with Crippen LogP contribution >= 0.6 is 0 Å². The maximum Gasteiger partial charge on any atom is 0.323 e. The standard InChI is InChI=1S/C11H13NO5S/c1-8(11(13)14)18(15,16)12-6-7-17-10-5-3-2-4-9(10)12/h2-5,8H,6-7H2,1H3,(H,13,14). The predicted molar refractivity (Wildman–Crippen MR) is 65.3 cm³/mol. The number of benzene rings is 1. The van der Waals surface area contributed by atoms with Crippen LogP contribution < -0.4 is 9.04 Å². The van der Waals surface area contributed by atoms with Crippen molar-refractivity contribution < 1.29 is 23.1 Å². The van der Waals surface area contributed by atoms with Crippen LogP contribution in [-0.2, 0) is 14.8 Å². The first-order valence-corrected chi connectivity index (χ1v) is 6.91. The van der Waals surface area contributed by atoms with Gasteiger partial charge in [-0.15, -0.1) is 0 Å². The summed E-state index contributed by atoms with van der Waals surface area (Å²) in [6, 6.07) is 6.67. The molecule has 0 saturated carbocycles. The summed E-state index contributed by atoms with van der Waals surface area (Å²) in [4.78, 5) is 10.9. The van der Waals surface area contributed by atoms with Crippen LogP contribution in [0.5, 0.6) is 5.75 Å². The maximum absolute atomic E-state index is 12.2. The van der Waals surface area contributed by atoms with E-state index in [-0.39, 0.29) is 13.2 Å². The molecule has 0 radical (unpaired) electrons. The number of fused-ring (bicyclic) bond motifs is 1. The van der Waals surface area contributed by atoms with E-state index in [0.29, 0.717) is 11.4 Å². The SMILES string of the molecule is CC(C(=O)O)S(=O)(=O)N1CCOc2ccccc21. The molecule has 0 aromatic heterocycles. The van der Waals surface area contributed by atoms with Gasteiger partial charge >= 0.3 is 5.97 Å². The Morgan fingerprint density at radius 2 is 2.11 bits per heavy atom. The average Bonchev–Trinajstić information content (AvgIpc) is 2.36. The molecule has 18 heavy (non-hydrogen) atoms. The zero-order valence-corrected chi connectivity index (χ0v) is 10.6. The number of carboxylic acid groups (broad SMARTS) is 1. The topological polar surface area (TPSA) is 83.9 Å². The number of ether oxygens (including phenoxy) is 1. The summed E-state index contributed by atoms with van der Waals surface area (Å²) in [6.45, 7) is 1.50. The highest BCUT2D eigenvalue weighted by atomic mass is 32.2. The molecule has 1 aromatic rings. The summed E-state index contributed by atoms with van der Waals surface area (Å²) >= 11 is 0. The summed E-state index contributed by atoms with van der Waals surface area (Å²) in [5, 5.41) is 7.38. The molecule has 1 heterocycles. The second-order valence-electron chi connectivity index (χ2n) is 3.91. The first-order chi connectivity index (χ1) is 8.44. The van der Waals surface area contributed by atoms with Gasteiger partial charge in [0.05, 0.1) is 12.2 Å². The lowest BCUT2D eigenvalue weighted by Gasteiger charge is -2.31.